The molecule has 1 aliphatic heterocycles. The first-order chi connectivity index (χ1) is 20.1. The summed E-state index contributed by atoms with van der Waals surface area (Å²) in [5.41, 5.74) is 0.664. The zero-order valence-electron chi connectivity index (χ0n) is 24.8. The van der Waals surface area contributed by atoms with Crippen molar-refractivity contribution in [3.8, 4) is 0 Å². The summed E-state index contributed by atoms with van der Waals surface area (Å²) in [6.45, 7) is 5.39. The summed E-state index contributed by atoms with van der Waals surface area (Å²) in [6.07, 6.45) is 5.92. The van der Waals surface area contributed by atoms with E-state index in [0.717, 1.165) is 42.1 Å². The lowest BCUT2D eigenvalue weighted by Crippen LogP contribution is -2.54. The predicted octanol–water partition coefficient (Wildman–Crippen LogP) is 3.76. The van der Waals surface area contributed by atoms with Crippen LogP contribution in [0.2, 0.25) is 0 Å². The Morgan fingerprint density at radius 3 is 2.29 bits per heavy atom. The number of esters is 1. The molecule has 0 saturated carbocycles. The Bertz CT molecular complexity index is 1070. The highest BCUT2D eigenvalue weighted by molar-refractivity contribution is 14.1. The lowest BCUT2D eigenvalue weighted by atomic mass is 9.91. The van der Waals surface area contributed by atoms with Gasteiger partial charge in [0.15, 0.2) is 5.79 Å². The number of carbonyl (C=O) groups excluding carboxylic acids is 3. The first-order valence-corrected chi connectivity index (χ1v) is 16.1. The van der Waals surface area contributed by atoms with Crippen LogP contribution < -0.4 is 10.6 Å². The summed E-state index contributed by atoms with van der Waals surface area (Å²) in [5.74, 6) is -2.57. The second-order valence-electron chi connectivity index (χ2n) is 11.0. The van der Waals surface area contributed by atoms with Crippen molar-refractivity contribution in [3.63, 3.8) is 0 Å². The molecule has 1 aromatic rings. The third-order valence-corrected chi connectivity index (χ3v) is 8.31. The van der Waals surface area contributed by atoms with Gasteiger partial charge in [0, 0.05) is 35.0 Å². The molecule has 3 rings (SSSR count). The number of carbonyl (C=O) groups is 3. The summed E-state index contributed by atoms with van der Waals surface area (Å²) in [6, 6.07) is 5.78. The van der Waals surface area contributed by atoms with Crippen LogP contribution in [0.4, 0.5) is 0 Å². The molecule has 11 heteroatoms. The van der Waals surface area contributed by atoms with Gasteiger partial charge in [0.05, 0.1) is 18.3 Å². The van der Waals surface area contributed by atoms with Crippen molar-refractivity contribution in [1.29, 1.82) is 0 Å². The number of benzene rings is 1. The van der Waals surface area contributed by atoms with Crippen LogP contribution in [0, 0.1) is 3.57 Å². The van der Waals surface area contributed by atoms with Gasteiger partial charge in [-0.1, -0.05) is 39.5 Å². The Morgan fingerprint density at radius 1 is 1.07 bits per heavy atom. The number of hydrogen-bond donors (Lipinski definition) is 4. The molecule has 2 aliphatic rings. The molecular formula is C31H45IN2O8. The highest BCUT2D eigenvalue weighted by Gasteiger charge is 2.52. The van der Waals surface area contributed by atoms with Gasteiger partial charge < -0.3 is 35.1 Å². The second-order valence-corrected chi connectivity index (χ2v) is 12.3. The smallest absolute Gasteiger partial charge is 0.338 e. The molecule has 1 saturated heterocycles. The van der Waals surface area contributed by atoms with Gasteiger partial charge in [-0.3, -0.25) is 9.59 Å². The maximum atomic E-state index is 13.4. The number of fused-ring (bicyclic) bond motifs is 1. The van der Waals surface area contributed by atoms with Crippen LogP contribution in [0.25, 0.3) is 0 Å². The van der Waals surface area contributed by atoms with Gasteiger partial charge in [0.1, 0.15) is 24.4 Å². The zero-order valence-corrected chi connectivity index (χ0v) is 26.9. The standard InChI is InChI=1S/C31H45IN2O8/c1-4-6-8-14-31(15-9-7-5-2)41-25-19-22(28(37)34-26(20(3)36)29(38)33-16-17-35)18-24(27(25)42-31)40-30(39)21-10-12-23(32)13-11-21/h10-13,19-20,24-27,35-36H,4-9,14-18H2,1-3H3,(H,33,38)(H,34,37). The van der Waals surface area contributed by atoms with Crippen molar-refractivity contribution >= 4 is 40.4 Å². The first-order valence-electron chi connectivity index (χ1n) is 15.0. The Morgan fingerprint density at radius 2 is 1.71 bits per heavy atom. The summed E-state index contributed by atoms with van der Waals surface area (Å²) in [5, 5.41) is 24.3. The van der Waals surface area contributed by atoms with Crippen molar-refractivity contribution in [2.45, 2.75) is 115 Å². The summed E-state index contributed by atoms with van der Waals surface area (Å²) in [4.78, 5) is 39.2. The average molecular weight is 701 g/mol. The predicted molar refractivity (Wildman–Crippen MR) is 166 cm³/mol. The molecule has 4 N–H and O–H groups in total. The largest absolute Gasteiger partial charge is 0.456 e. The first kappa shape index (κ1) is 34.4. The zero-order chi connectivity index (χ0) is 30.7. The van der Waals surface area contributed by atoms with Crippen LogP contribution in [0.1, 0.15) is 88.9 Å². The van der Waals surface area contributed by atoms with Crippen molar-refractivity contribution in [3.05, 3.63) is 45.0 Å². The Kier molecular flexibility index (Phi) is 13.7. The number of aliphatic hydroxyl groups is 2. The Balaban J connectivity index is 1.88. The minimum atomic E-state index is -1.24. The van der Waals surface area contributed by atoms with Gasteiger partial charge in [0.2, 0.25) is 11.8 Å². The Hall–Kier alpha value is -2.06. The summed E-state index contributed by atoms with van der Waals surface area (Å²) in [7, 11) is 0. The van der Waals surface area contributed by atoms with Crippen molar-refractivity contribution in [2.24, 2.45) is 0 Å². The fourth-order valence-corrected chi connectivity index (χ4v) is 5.68. The van der Waals surface area contributed by atoms with E-state index in [4.69, 9.17) is 19.3 Å². The molecule has 1 aromatic carbocycles. The number of ether oxygens (including phenoxy) is 3. The van der Waals surface area contributed by atoms with E-state index in [1.807, 2.05) is 12.1 Å². The number of hydrogen-bond acceptors (Lipinski definition) is 8. The van der Waals surface area contributed by atoms with E-state index in [0.29, 0.717) is 18.4 Å². The van der Waals surface area contributed by atoms with Crippen molar-refractivity contribution in [1.82, 2.24) is 10.6 Å². The summed E-state index contributed by atoms with van der Waals surface area (Å²) >= 11 is 2.16. The van der Waals surface area contributed by atoms with Crippen molar-refractivity contribution in [2.75, 3.05) is 13.2 Å². The minimum absolute atomic E-state index is 0.00966. The monoisotopic (exact) mass is 700 g/mol. The van der Waals surface area contributed by atoms with Gasteiger partial charge in [0.25, 0.3) is 0 Å². The van der Waals surface area contributed by atoms with Crippen LogP contribution >= 0.6 is 22.6 Å². The number of amides is 2. The summed E-state index contributed by atoms with van der Waals surface area (Å²) < 4.78 is 20.2. The third-order valence-electron chi connectivity index (χ3n) is 7.59. The third kappa shape index (κ3) is 9.47. The SMILES string of the molecule is CCCCCC1(CCCCC)OC2C=C(C(=O)NC(C(=O)NCCO)C(C)O)CC(OC(=O)c3ccc(I)cc3)C2O1. The lowest BCUT2D eigenvalue weighted by molar-refractivity contribution is -0.190. The molecule has 5 unspecified atom stereocenters. The highest BCUT2D eigenvalue weighted by Crippen LogP contribution is 2.43. The van der Waals surface area contributed by atoms with Crippen LogP contribution in [-0.2, 0) is 23.8 Å². The average Bonchev–Trinajstić information content (AvgIpc) is 3.33. The Labute approximate surface area is 262 Å². The van der Waals surface area contributed by atoms with E-state index in [1.165, 1.54) is 6.92 Å². The topological polar surface area (TPSA) is 143 Å². The molecule has 2 amide bonds. The molecule has 1 heterocycles. The molecule has 5 atom stereocenters. The van der Waals surface area contributed by atoms with Crippen molar-refractivity contribution < 1.29 is 38.8 Å². The van der Waals surface area contributed by atoms with E-state index in [2.05, 4.69) is 47.1 Å². The number of rotatable bonds is 16. The fourth-order valence-electron chi connectivity index (χ4n) is 5.32. The van der Waals surface area contributed by atoms with E-state index < -0.39 is 54.0 Å². The number of halogens is 1. The number of aliphatic hydroxyl groups excluding tert-OH is 2. The van der Waals surface area contributed by atoms with Crippen LogP contribution in [0.3, 0.4) is 0 Å². The number of nitrogens with one attached hydrogen (secondary N) is 2. The fraction of sp³-hybridized carbons (Fsp3) is 0.645. The normalized spacial score (nSPS) is 22.4. The van der Waals surface area contributed by atoms with Gasteiger partial charge in [-0.25, -0.2) is 4.79 Å². The van der Waals surface area contributed by atoms with Crippen LogP contribution in [0.5, 0.6) is 0 Å². The van der Waals surface area contributed by atoms with Gasteiger partial charge >= 0.3 is 5.97 Å². The maximum Gasteiger partial charge on any atom is 0.338 e. The maximum absolute atomic E-state index is 13.4. The van der Waals surface area contributed by atoms with Gasteiger partial charge in [-0.05, 0) is 72.7 Å². The van der Waals surface area contributed by atoms with Crippen LogP contribution in [0.15, 0.2) is 35.9 Å². The minimum Gasteiger partial charge on any atom is -0.456 e. The lowest BCUT2D eigenvalue weighted by Gasteiger charge is -2.31. The van der Waals surface area contributed by atoms with Gasteiger partial charge in [-0.2, -0.15) is 0 Å². The molecule has 234 valence electrons. The van der Waals surface area contributed by atoms with E-state index >= 15 is 0 Å². The van der Waals surface area contributed by atoms with E-state index in [1.54, 1.807) is 18.2 Å². The molecule has 10 nitrogen and oxygen atoms in total. The quantitative estimate of drug-likeness (QED) is 0.116. The molecule has 0 spiro atoms. The molecule has 42 heavy (non-hydrogen) atoms. The molecular weight excluding hydrogens is 655 g/mol. The highest BCUT2D eigenvalue weighted by atomic mass is 127. The number of unbranched alkanes of at least 4 members (excludes halogenated alkanes) is 4. The van der Waals surface area contributed by atoms with E-state index in [-0.39, 0.29) is 25.1 Å². The molecule has 1 fully saturated rings. The molecule has 0 aromatic heterocycles. The molecule has 0 bridgehead atoms. The van der Waals surface area contributed by atoms with Gasteiger partial charge in [-0.15, -0.1) is 0 Å². The molecule has 0 radical (unpaired) electrons. The van der Waals surface area contributed by atoms with Crippen LogP contribution in [-0.4, -0.2) is 77.4 Å². The van der Waals surface area contributed by atoms with E-state index in [9.17, 15) is 19.5 Å². The molecule has 1 aliphatic carbocycles. The second kappa shape index (κ2) is 16.7.